The van der Waals surface area contributed by atoms with Crippen molar-refractivity contribution in [2.75, 3.05) is 0 Å². The fourth-order valence-electron chi connectivity index (χ4n) is 0.971. The van der Waals surface area contributed by atoms with Gasteiger partial charge in [0.25, 0.3) is 0 Å². The zero-order valence-electron chi connectivity index (χ0n) is 8.07. The van der Waals surface area contributed by atoms with E-state index in [0.717, 1.165) is 4.88 Å². The average Bonchev–Trinajstić information content (AvgIpc) is 2.69. The molecule has 0 aromatic carbocycles. The molecule has 0 bridgehead atoms. The summed E-state index contributed by atoms with van der Waals surface area (Å²) in [5.74, 6) is -0.167. The Labute approximate surface area is 87.6 Å². The second-order valence-electron chi connectivity index (χ2n) is 3.03. The molecular weight excluding hydrogens is 196 g/mol. The molecule has 4 heteroatoms. The highest BCUT2D eigenvalue weighted by atomic mass is 32.1. The minimum atomic E-state index is -0.572. The zero-order chi connectivity index (χ0) is 10.6. The number of carbonyl (C=O) groups is 1. The molecule has 1 aromatic heterocycles. The third-order valence-electron chi connectivity index (χ3n) is 1.86. The largest absolute Gasteiger partial charge is 0.349 e. The van der Waals surface area contributed by atoms with Gasteiger partial charge in [-0.25, -0.2) is 0 Å². The van der Waals surface area contributed by atoms with Crippen LogP contribution in [0.4, 0.5) is 0 Å². The number of rotatable bonds is 4. The molecule has 14 heavy (non-hydrogen) atoms. The number of carbonyl (C=O) groups excluding carboxylic acids is 1. The quantitative estimate of drug-likeness (QED) is 0.739. The van der Waals surface area contributed by atoms with Gasteiger partial charge in [-0.05, 0) is 18.4 Å². The number of amides is 1. The molecule has 0 aliphatic rings. The van der Waals surface area contributed by atoms with E-state index in [9.17, 15) is 4.79 Å². The van der Waals surface area contributed by atoms with Crippen molar-refractivity contribution < 1.29 is 4.79 Å². The Morgan fingerprint density at radius 3 is 3.00 bits per heavy atom. The highest BCUT2D eigenvalue weighted by Crippen LogP contribution is 2.16. The van der Waals surface area contributed by atoms with Crippen LogP contribution in [-0.2, 0) is 4.79 Å². The van der Waals surface area contributed by atoms with Gasteiger partial charge in [-0.15, -0.1) is 17.9 Å². The molecule has 2 atom stereocenters. The van der Waals surface area contributed by atoms with Gasteiger partial charge in [0.1, 0.15) is 6.04 Å². The summed E-state index contributed by atoms with van der Waals surface area (Å²) in [4.78, 5) is 12.4. The van der Waals surface area contributed by atoms with E-state index in [0.29, 0.717) is 0 Å². The van der Waals surface area contributed by atoms with Gasteiger partial charge in [0.05, 0.1) is 0 Å². The molecule has 0 spiro atoms. The highest BCUT2D eigenvalue weighted by molar-refractivity contribution is 7.10. The SMILES string of the molecule is C=CC(C)NC(=O)C(N)c1cccs1. The van der Waals surface area contributed by atoms with Gasteiger partial charge >= 0.3 is 0 Å². The third-order valence-corrected chi connectivity index (χ3v) is 2.81. The van der Waals surface area contributed by atoms with Crippen molar-refractivity contribution in [1.82, 2.24) is 5.32 Å². The summed E-state index contributed by atoms with van der Waals surface area (Å²) >= 11 is 1.48. The van der Waals surface area contributed by atoms with Gasteiger partial charge in [0.2, 0.25) is 5.91 Å². The Bertz CT molecular complexity index is 308. The van der Waals surface area contributed by atoms with Crippen molar-refractivity contribution in [2.24, 2.45) is 5.73 Å². The van der Waals surface area contributed by atoms with E-state index >= 15 is 0 Å². The van der Waals surface area contributed by atoms with Crippen LogP contribution in [0.3, 0.4) is 0 Å². The highest BCUT2D eigenvalue weighted by Gasteiger charge is 2.17. The minimum Gasteiger partial charge on any atom is -0.349 e. The number of hydrogen-bond donors (Lipinski definition) is 2. The topological polar surface area (TPSA) is 55.1 Å². The molecule has 3 nitrogen and oxygen atoms in total. The fourth-order valence-corrected chi connectivity index (χ4v) is 1.70. The van der Waals surface area contributed by atoms with Crippen molar-refractivity contribution in [3.05, 3.63) is 35.0 Å². The van der Waals surface area contributed by atoms with Crippen LogP contribution in [0.25, 0.3) is 0 Å². The summed E-state index contributed by atoms with van der Waals surface area (Å²) in [6.07, 6.45) is 1.67. The zero-order valence-corrected chi connectivity index (χ0v) is 8.88. The van der Waals surface area contributed by atoms with Gasteiger partial charge < -0.3 is 11.1 Å². The predicted octanol–water partition coefficient (Wildman–Crippen LogP) is 1.44. The average molecular weight is 210 g/mol. The second-order valence-corrected chi connectivity index (χ2v) is 4.01. The van der Waals surface area contributed by atoms with Gasteiger partial charge in [-0.2, -0.15) is 0 Å². The molecule has 1 heterocycles. The van der Waals surface area contributed by atoms with Crippen molar-refractivity contribution in [1.29, 1.82) is 0 Å². The number of hydrogen-bond acceptors (Lipinski definition) is 3. The lowest BCUT2D eigenvalue weighted by molar-refractivity contribution is -0.122. The predicted molar refractivity (Wildman–Crippen MR) is 59.0 cm³/mol. The lowest BCUT2D eigenvalue weighted by Crippen LogP contribution is -2.38. The van der Waals surface area contributed by atoms with Gasteiger partial charge in [-0.3, -0.25) is 4.79 Å². The summed E-state index contributed by atoms with van der Waals surface area (Å²) in [5.41, 5.74) is 5.75. The van der Waals surface area contributed by atoms with Gasteiger partial charge in [0.15, 0.2) is 0 Å². The molecule has 2 unspecified atom stereocenters. The summed E-state index contributed by atoms with van der Waals surface area (Å²) in [5, 5.41) is 4.64. The van der Waals surface area contributed by atoms with Crippen LogP contribution in [-0.4, -0.2) is 11.9 Å². The molecule has 0 aliphatic heterocycles. The molecule has 3 N–H and O–H groups in total. The molecule has 1 amide bonds. The molecule has 0 saturated heterocycles. The van der Waals surface area contributed by atoms with Crippen LogP contribution in [0.2, 0.25) is 0 Å². The maximum Gasteiger partial charge on any atom is 0.242 e. The normalized spacial score (nSPS) is 14.4. The van der Waals surface area contributed by atoms with Crippen LogP contribution in [0, 0.1) is 0 Å². The van der Waals surface area contributed by atoms with E-state index in [-0.39, 0.29) is 11.9 Å². The molecule has 1 rings (SSSR count). The fraction of sp³-hybridized carbons (Fsp3) is 0.300. The monoisotopic (exact) mass is 210 g/mol. The third kappa shape index (κ3) is 2.68. The van der Waals surface area contributed by atoms with E-state index in [1.807, 2.05) is 24.4 Å². The number of nitrogens with two attached hydrogens (primary N) is 1. The van der Waals surface area contributed by atoms with Crippen LogP contribution >= 0.6 is 11.3 Å². The van der Waals surface area contributed by atoms with Gasteiger partial charge in [-0.1, -0.05) is 12.1 Å². The molecule has 0 fully saturated rings. The first-order valence-electron chi connectivity index (χ1n) is 4.37. The van der Waals surface area contributed by atoms with Crippen molar-refractivity contribution >= 4 is 17.2 Å². The van der Waals surface area contributed by atoms with E-state index in [4.69, 9.17) is 5.73 Å². The minimum absolute atomic E-state index is 0.0477. The van der Waals surface area contributed by atoms with Crippen LogP contribution in [0.5, 0.6) is 0 Å². The molecular formula is C10H14N2OS. The lowest BCUT2D eigenvalue weighted by Gasteiger charge is -2.13. The first-order chi connectivity index (χ1) is 6.65. The maximum atomic E-state index is 11.5. The molecule has 76 valence electrons. The molecule has 0 aliphatic carbocycles. The van der Waals surface area contributed by atoms with Crippen molar-refractivity contribution in [3.8, 4) is 0 Å². The van der Waals surface area contributed by atoms with E-state index in [2.05, 4.69) is 11.9 Å². The summed E-state index contributed by atoms with van der Waals surface area (Å²) in [6.45, 7) is 5.44. The van der Waals surface area contributed by atoms with E-state index < -0.39 is 6.04 Å². The Kier molecular flexibility index (Phi) is 3.85. The molecule has 1 aromatic rings. The molecule has 0 radical (unpaired) electrons. The standard InChI is InChI=1S/C10H14N2OS/c1-3-7(2)12-10(13)9(11)8-5-4-6-14-8/h3-7,9H,1,11H2,2H3,(H,12,13). The first kappa shape index (κ1) is 10.9. The van der Waals surface area contributed by atoms with Crippen molar-refractivity contribution in [3.63, 3.8) is 0 Å². The second kappa shape index (κ2) is 4.93. The Morgan fingerprint density at radius 1 is 1.79 bits per heavy atom. The van der Waals surface area contributed by atoms with Crippen LogP contribution in [0.15, 0.2) is 30.2 Å². The van der Waals surface area contributed by atoms with E-state index in [1.165, 1.54) is 11.3 Å². The number of nitrogens with one attached hydrogen (secondary N) is 1. The summed E-state index contributed by atoms with van der Waals surface area (Å²) in [6, 6.07) is 3.11. The lowest BCUT2D eigenvalue weighted by atomic mass is 10.2. The Balaban J connectivity index is 2.57. The Hall–Kier alpha value is -1.13. The summed E-state index contributed by atoms with van der Waals surface area (Å²) in [7, 11) is 0. The maximum absolute atomic E-state index is 11.5. The number of thiophene rings is 1. The van der Waals surface area contributed by atoms with Gasteiger partial charge in [0, 0.05) is 10.9 Å². The van der Waals surface area contributed by atoms with Crippen molar-refractivity contribution in [2.45, 2.75) is 19.0 Å². The first-order valence-corrected chi connectivity index (χ1v) is 5.25. The van der Waals surface area contributed by atoms with Crippen LogP contribution < -0.4 is 11.1 Å². The Morgan fingerprint density at radius 2 is 2.50 bits per heavy atom. The molecule has 0 saturated carbocycles. The van der Waals surface area contributed by atoms with E-state index in [1.54, 1.807) is 6.08 Å². The smallest absolute Gasteiger partial charge is 0.242 e. The van der Waals surface area contributed by atoms with Crippen LogP contribution in [0.1, 0.15) is 17.8 Å². The summed E-state index contributed by atoms with van der Waals surface area (Å²) < 4.78 is 0.